The molecule has 1 rings (SSSR count). The molecule has 0 aliphatic rings. The minimum absolute atomic E-state index is 0.147. The molecular formula is C9H15O10P3. The van der Waals surface area contributed by atoms with Crippen LogP contribution in [0, 0.1) is 0 Å². The zero-order valence-electron chi connectivity index (χ0n) is 11.5. The molecule has 2 unspecified atom stereocenters. The van der Waals surface area contributed by atoms with E-state index in [1.54, 1.807) is 12.1 Å². The van der Waals surface area contributed by atoms with Crippen LogP contribution in [0.5, 0.6) is 5.75 Å². The highest BCUT2D eigenvalue weighted by atomic mass is 31.3. The van der Waals surface area contributed by atoms with Crippen LogP contribution in [0.3, 0.4) is 0 Å². The number of hydrogen-bond donors (Lipinski definition) is 4. The molecule has 126 valence electrons. The third-order valence-corrected chi connectivity index (χ3v) is 5.95. The second-order valence-electron chi connectivity index (χ2n) is 4.41. The van der Waals surface area contributed by atoms with Gasteiger partial charge >= 0.3 is 23.5 Å². The van der Waals surface area contributed by atoms with Crippen molar-refractivity contribution in [3.05, 3.63) is 29.8 Å². The van der Waals surface area contributed by atoms with Crippen molar-refractivity contribution in [2.24, 2.45) is 0 Å². The zero-order chi connectivity index (χ0) is 17.2. The first-order chi connectivity index (χ1) is 9.80. The lowest BCUT2D eigenvalue weighted by Crippen LogP contribution is -1.98. The van der Waals surface area contributed by atoms with Gasteiger partial charge in [0.25, 0.3) is 0 Å². The summed E-state index contributed by atoms with van der Waals surface area (Å²) >= 11 is 0. The maximum atomic E-state index is 11.5. The van der Waals surface area contributed by atoms with Crippen molar-refractivity contribution in [1.29, 1.82) is 0 Å². The summed E-state index contributed by atoms with van der Waals surface area (Å²) in [7, 11) is -16.0. The number of phosphoric acid groups is 3. The smallest absolute Gasteiger partial charge is 0.404 e. The molecule has 0 spiro atoms. The van der Waals surface area contributed by atoms with Gasteiger partial charge in [-0.3, -0.25) is 4.89 Å². The molecule has 0 bridgehead atoms. The van der Waals surface area contributed by atoms with Gasteiger partial charge in [0.2, 0.25) is 0 Å². The van der Waals surface area contributed by atoms with Crippen molar-refractivity contribution in [2.45, 2.75) is 19.8 Å². The fourth-order valence-corrected chi connectivity index (χ4v) is 4.37. The van der Waals surface area contributed by atoms with Gasteiger partial charge in [-0.1, -0.05) is 26.0 Å². The molecule has 10 nitrogen and oxygen atoms in total. The van der Waals surface area contributed by atoms with Crippen LogP contribution >= 0.6 is 23.5 Å². The molecule has 0 aromatic heterocycles. The van der Waals surface area contributed by atoms with Crippen LogP contribution in [0.2, 0.25) is 0 Å². The number of hydrogen-bond acceptors (Lipinski definition) is 6. The number of benzene rings is 1. The van der Waals surface area contributed by atoms with Crippen molar-refractivity contribution >= 4 is 23.5 Å². The normalized spacial score (nSPS) is 17.8. The molecule has 1 aromatic carbocycles. The molecule has 0 amide bonds. The van der Waals surface area contributed by atoms with E-state index in [1.165, 1.54) is 12.1 Å². The molecule has 0 saturated carbocycles. The maximum Gasteiger partial charge on any atom is 0.536 e. The van der Waals surface area contributed by atoms with Crippen molar-refractivity contribution < 1.29 is 46.4 Å². The highest BCUT2D eigenvalue weighted by molar-refractivity contribution is 7.66. The predicted molar refractivity (Wildman–Crippen MR) is 75.0 cm³/mol. The highest BCUT2D eigenvalue weighted by Gasteiger charge is 2.41. The lowest BCUT2D eigenvalue weighted by atomic mass is 10.0. The Hall–Kier alpha value is -0.530. The van der Waals surface area contributed by atoms with Crippen LogP contribution in [0.15, 0.2) is 24.3 Å². The first-order valence-electron chi connectivity index (χ1n) is 5.73. The van der Waals surface area contributed by atoms with Crippen LogP contribution in [-0.4, -0.2) is 19.6 Å². The van der Waals surface area contributed by atoms with Gasteiger partial charge in [-0.25, -0.2) is 13.7 Å². The van der Waals surface area contributed by atoms with Crippen LogP contribution in [0.1, 0.15) is 25.3 Å². The minimum Gasteiger partial charge on any atom is -0.404 e. The maximum absolute atomic E-state index is 11.5. The van der Waals surface area contributed by atoms with Gasteiger partial charge in [0, 0.05) is 0 Å². The summed E-state index contributed by atoms with van der Waals surface area (Å²) in [5.74, 6) is 0.0620. The van der Waals surface area contributed by atoms with Crippen molar-refractivity contribution in [3.8, 4) is 5.75 Å². The van der Waals surface area contributed by atoms with E-state index in [4.69, 9.17) is 14.7 Å². The Morgan fingerprint density at radius 2 is 1.36 bits per heavy atom. The molecule has 22 heavy (non-hydrogen) atoms. The topological polar surface area (TPSA) is 160 Å². The van der Waals surface area contributed by atoms with E-state index in [1.807, 2.05) is 13.8 Å². The summed E-state index contributed by atoms with van der Waals surface area (Å²) in [5, 5.41) is 0. The van der Waals surface area contributed by atoms with E-state index < -0.39 is 23.5 Å². The summed E-state index contributed by atoms with van der Waals surface area (Å²) in [6.45, 7) is 3.86. The fourth-order valence-electron chi connectivity index (χ4n) is 1.34. The third-order valence-electron chi connectivity index (χ3n) is 2.18. The molecule has 0 heterocycles. The molecule has 0 saturated heterocycles. The quantitative estimate of drug-likeness (QED) is 0.521. The summed E-state index contributed by atoms with van der Waals surface area (Å²) in [4.78, 5) is 35.1. The Morgan fingerprint density at radius 1 is 0.864 bits per heavy atom. The van der Waals surface area contributed by atoms with Gasteiger partial charge in [-0.2, -0.15) is 8.62 Å². The molecule has 0 aliphatic carbocycles. The Kier molecular flexibility index (Phi) is 6.14. The molecular weight excluding hydrogens is 361 g/mol. The molecule has 13 heteroatoms. The SMILES string of the molecule is CC(C)c1ccc(OP(=O)(O)OP(=O)(O)OP(=O)(O)O)cc1. The standard InChI is InChI=1S/C9H15O10P3/c1-7(2)8-3-5-9(6-4-8)17-21(13,14)19-22(15,16)18-20(10,11)12/h3-7H,1-2H3,(H,13,14)(H,15,16)(H2,10,11,12). The molecule has 0 aliphatic heterocycles. The number of phosphoric ester groups is 1. The van der Waals surface area contributed by atoms with Gasteiger partial charge in [-0.05, 0) is 23.6 Å². The Bertz CT molecular complexity index is 648. The fraction of sp³-hybridized carbons (Fsp3) is 0.333. The lowest BCUT2D eigenvalue weighted by molar-refractivity contribution is 0.207. The van der Waals surface area contributed by atoms with E-state index in [2.05, 4.69) is 13.1 Å². The summed E-state index contributed by atoms with van der Waals surface area (Å²) in [5.41, 5.74) is 0.915. The van der Waals surface area contributed by atoms with E-state index in [0.717, 1.165) is 5.56 Å². The van der Waals surface area contributed by atoms with E-state index in [0.29, 0.717) is 0 Å². The van der Waals surface area contributed by atoms with Crippen molar-refractivity contribution in [1.82, 2.24) is 0 Å². The van der Waals surface area contributed by atoms with Gasteiger partial charge in [-0.15, -0.1) is 0 Å². The minimum atomic E-state index is -5.50. The van der Waals surface area contributed by atoms with Crippen molar-refractivity contribution in [2.75, 3.05) is 0 Å². The second-order valence-corrected chi connectivity index (χ2v) is 8.75. The van der Waals surface area contributed by atoms with Crippen LogP contribution in [-0.2, 0) is 22.3 Å². The summed E-state index contributed by atoms with van der Waals surface area (Å²) in [6.07, 6.45) is 0. The third kappa shape index (κ3) is 7.15. The largest absolute Gasteiger partial charge is 0.536 e. The van der Waals surface area contributed by atoms with Crippen LogP contribution in [0.4, 0.5) is 0 Å². The van der Waals surface area contributed by atoms with Gasteiger partial charge in [0.05, 0.1) is 0 Å². The molecule has 2 atom stereocenters. The lowest BCUT2D eigenvalue weighted by Gasteiger charge is -2.16. The Labute approximate surface area is 126 Å². The van der Waals surface area contributed by atoms with E-state index >= 15 is 0 Å². The van der Waals surface area contributed by atoms with Gasteiger partial charge < -0.3 is 19.2 Å². The molecule has 1 aromatic rings. The van der Waals surface area contributed by atoms with E-state index in [9.17, 15) is 18.6 Å². The Morgan fingerprint density at radius 3 is 1.77 bits per heavy atom. The average molecular weight is 376 g/mol. The second kappa shape index (κ2) is 6.93. The van der Waals surface area contributed by atoms with Gasteiger partial charge in [0.1, 0.15) is 5.75 Å². The monoisotopic (exact) mass is 376 g/mol. The predicted octanol–water partition coefficient (Wildman–Crippen LogP) is 2.52. The number of rotatable bonds is 7. The molecule has 0 radical (unpaired) electrons. The zero-order valence-corrected chi connectivity index (χ0v) is 14.2. The average Bonchev–Trinajstić information content (AvgIpc) is 2.23. The molecule has 0 fully saturated rings. The van der Waals surface area contributed by atoms with Crippen LogP contribution in [0.25, 0.3) is 0 Å². The summed E-state index contributed by atoms with van der Waals surface area (Å²) < 4.78 is 44.8. The molecule has 4 N–H and O–H groups in total. The van der Waals surface area contributed by atoms with Crippen molar-refractivity contribution in [3.63, 3.8) is 0 Å². The summed E-state index contributed by atoms with van der Waals surface area (Å²) in [6, 6.07) is 5.86. The van der Waals surface area contributed by atoms with E-state index in [-0.39, 0.29) is 11.7 Å². The first-order valence-corrected chi connectivity index (χ1v) is 10.3. The first kappa shape index (κ1) is 19.5. The van der Waals surface area contributed by atoms with Gasteiger partial charge in [0.15, 0.2) is 0 Å². The Balaban J connectivity index is 2.81. The highest BCUT2D eigenvalue weighted by Crippen LogP contribution is 2.66. The van der Waals surface area contributed by atoms with Crippen LogP contribution < -0.4 is 4.52 Å².